The molecule has 14 heavy (non-hydrogen) atoms. The van der Waals surface area contributed by atoms with Gasteiger partial charge in [0.2, 0.25) is 0 Å². The van der Waals surface area contributed by atoms with Crippen LogP contribution in [0, 0.1) is 0 Å². The maximum absolute atomic E-state index is 11.5. The molecule has 3 nitrogen and oxygen atoms in total. The molecule has 0 N–H and O–H groups in total. The molecule has 1 aromatic rings. The van der Waals surface area contributed by atoms with Gasteiger partial charge >= 0.3 is 5.97 Å². The fourth-order valence-electron chi connectivity index (χ4n) is 1.69. The Morgan fingerprint density at radius 2 is 2.07 bits per heavy atom. The van der Waals surface area contributed by atoms with Gasteiger partial charge in [-0.15, -0.1) is 0 Å². The lowest BCUT2D eigenvalue weighted by atomic mass is 9.96. The number of fused-ring (bicyclic) bond motifs is 1. The summed E-state index contributed by atoms with van der Waals surface area (Å²) >= 11 is 0. The lowest BCUT2D eigenvalue weighted by Gasteiger charge is -2.17. The second-order valence-electron chi connectivity index (χ2n) is 3.81. The van der Waals surface area contributed by atoms with Gasteiger partial charge in [-0.05, 0) is 26.0 Å². The molecule has 2 rings (SSSR count). The number of methoxy groups -OCH3 is 1. The van der Waals surface area contributed by atoms with E-state index >= 15 is 0 Å². The van der Waals surface area contributed by atoms with E-state index in [-0.39, 0.29) is 5.97 Å². The highest BCUT2D eigenvalue weighted by atomic mass is 16.6. The number of rotatable bonds is 1. The molecule has 0 unspecified atom stereocenters. The molecule has 0 bridgehead atoms. The summed E-state index contributed by atoms with van der Waals surface area (Å²) in [5.41, 5.74) is 1.01. The lowest BCUT2D eigenvalue weighted by molar-refractivity contribution is 0.00954. The van der Waals surface area contributed by atoms with Crippen LogP contribution in [-0.4, -0.2) is 13.1 Å². The number of carbonyl (C=O) groups is 1. The van der Waals surface area contributed by atoms with Crippen molar-refractivity contribution in [1.29, 1.82) is 0 Å². The van der Waals surface area contributed by atoms with Crippen LogP contribution in [0.1, 0.15) is 29.8 Å². The molecule has 1 aliphatic rings. The van der Waals surface area contributed by atoms with Crippen LogP contribution in [0.25, 0.3) is 0 Å². The first-order valence-corrected chi connectivity index (χ1v) is 4.46. The molecule has 0 spiro atoms. The van der Waals surface area contributed by atoms with Gasteiger partial charge in [-0.1, -0.05) is 6.07 Å². The van der Waals surface area contributed by atoms with Crippen LogP contribution >= 0.6 is 0 Å². The van der Waals surface area contributed by atoms with E-state index < -0.39 is 5.60 Å². The van der Waals surface area contributed by atoms with Gasteiger partial charge in [0.25, 0.3) is 0 Å². The third-order valence-corrected chi connectivity index (χ3v) is 2.44. The highest BCUT2D eigenvalue weighted by Crippen LogP contribution is 2.37. The van der Waals surface area contributed by atoms with Crippen molar-refractivity contribution < 1.29 is 14.3 Å². The molecule has 1 heterocycles. The average molecular weight is 192 g/mol. The largest absolute Gasteiger partial charge is 0.497 e. The summed E-state index contributed by atoms with van der Waals surface area (Å²) in [6.07, 6.45) is 0. The van der Waals surface area contributed by atoms with Crippen LogP contribution in [0.4, 0.5) is 0 Å². The average Bonchev–Trinajstić information content (AvgIpc) is 2.37. The van der Waals surface area contributed by atoms with E-state index in [2.05, 4.69) is 0 Å². The Labute approximate surface area is 82.6 Å². The summed E-state index contributed by atoms with van der Waals surface area (Å²) in [4.78, 5) is 11.5. The quantitative estimate of drug-likeness (QED) is 0.639. The van der Waals surface area contributed by atoms with Crippen molar-refractivity contribution in [2.24, 2.45) is 0 Å². The van der Waals surface area contributed by atoms with E-state index in [0.717, 1.165) is 5.56 Å². The molecular formula is C11H12O3. The Morgan fingerprint density at radius 1 is 1.36 bits per heavy atom. The summed E-state index contributed by atoms with van der Waals surface area (Å²) in [5.74, 6) is 0.405. The summed E-state index contributed by atoms with van der Waals surface area (Å²) < 4.78 is 10.3. The Morgan fingerprint density at radius 3 is 2.71 bits per heavy atom. The summed E-state index contributed by atoms with van der Waals surface area (Å²) in [7, 11) is 1.58. The van der Waals surface area contributed by atoms with Gasteiger partial charge in [0.1, 0.15) is 11.4 Å². The van der Waals surface area contributed by atoms with Crippen LogP contribution in [0.3, 0.4) is 0 Å². The first kappa shape index (κ1) is 9.06. The minimum Gasteiger partial charge on any atom is -0.497 e. The number of hydrogen-bond donors (Lipinski definition) is 0. The van der Waals surface area contributed by atoms with E-state index in [9.17, 15) is 4.79 Å². The van der Waals surface area contributed by atoms with Crippen molar-refractivity contribution in [2.45, 2.75) is 19.4 Å². The number of carbonyl (C=O) groups excluding carboxylic acids is 1. The Bertz CT molecular complexity index is 394. The Kier molecular flexibility index (Phi) is 1.77. The normalized spacial score (nSPS) is 17.5. The van der Waals surface area contributed by atoms with Crippen LogP contribution in [-0.2, 0) is 10.3 Å². The standard InChI is InChI=1S/C11H12O3/c1-11(2)9-5-4-7(13-3)6-8(9)10(12)14-11/h4-6H,1-3H3. The fourth-order valence-corrected chi connectivity index (χ4v) is 1.69. The lowest BCUT2D eigenvalue weighted by Crippen LogP contribution is -2.15. The Balaban J connectivity index is 2.58. The molecule has 0 saturated carbocycles. The van der Waals surface area contributed by atoms with Crippen molar-refractivity contribution in [3.8, 4) is 5.75 Å². The summed E-state index contributed by atoms with van der Waals surface area (Å²) in [6, 6.07) is 5.42. The van der Waals surface area contributed by atoms with Crippen molar-refractivity contribution >= 4 is 5.97 Å². The van der Waals surface area contributed by atoms with Gasteiger partial charge in [-0.25, -0.2) is 4.79 Å². The smallest absolute Gasteiger partial charge is 0.339 e. The Hall–Kier alpha value is -1.51. The van der Waals surface area contributed by atoms with E-state index in [4.69, 9.17) is 9.47 Å². The van der Waals surface area contributed by atoms with E-state index in [0.29, 0.717) is 11.3 Å². The zero-order valence-corrected chi connectivity index (χ0v) is 8.46. The molecule has 1 aliphatic heterocycles. The van der Waals surface area contributed by atoms with Crippen LogP contribution in [0.15, 0.2) is 18.2 Å². The molecule has 0 aliphatic carbocycles. The summed E-state index contributed by atoms with van der Waals surface area (Å²) in [5, 5.41) is 0. The zero-order chi connectivity index (χ0) is 10.3. The van der Waals surface area contributed by atoms with Crippen LogP contribution in [0.5, 0.6) is 5.75 Å². The monoisotopic (exact) mass is 192 g/mol. The minimum absolute atomic E-state index is 0.274. The number of ether oxygens (including phenoxy) is 2. The minimum atomic E-state index is -0.515. The number of benzene rings is 1. The van der Waals surface area contributed by atoms with Gasteiger partial charge in [-0.2, -0.15) is 0 Å². The molecule has 0 radical (unpaired) electrons. The molecular weight excluding hydrogens is 180 g/mol. The van der Waals surface area contributed by atoms with Gasteiger partial charge < -0.3 is 9.47 Å². The topological polar surface area (TPSA) is 35.5 Å². The third kappa shape index (κ3) is 1.16. The SMILES string of the molecule is COc1ccc2c(c1)C(=O)OC2(C)C. The van der Waals surface area contributed by atoms with Crippen molar-refractivity contribution in [2.75, 3.05) is 7.11 Å². The highest BCUT2D eigenvalue weighted by molar-refractivity contribution is 5.95. The van der Waals surface area contributed by atoms with Crippen LogP contribution in [0.2, 0.25) is 0 Å². The first-order chi connectivity index (χ1) is 6.54. The van der Waals surface area contributed by atoms with Gasteiger partial charge in [0.05, 0.1) is 12.7 Å². The molecule has 1 aromatic carbocycles. The van der Waals surface area contributed by atoms with Crippen LogP contribution < -0.4 is 4.74 Å². The molecule has 0 fully saturated rings. The first-order valence-electron chi connectivity index (χ1n) is 4.46. The number of hydrogen-bond acceptors (Lipinski definition) is 3. The molecule has 0 saturated heterocycles. The zero-order valence-electron chi connectivity index (χ0n) is 8.46. The van der Waals surface area contributed by atoms with E-state index in [1.54, 1.807) is 13.2 Å². The van der Waals surface area contributed by atoms with Crippen molar-refractivity contribution in [1.82, 2.24) is 0 Å². The van der Waals surface area contributed by atoms with Crippen molar-refractivity contribution in [3.63, 3.8) is 0 Å². The van der Waals surface area contributed by atoms with E-state index in [1.807, 2.05) is 26.0 Å². The highest BCUT2D eigenvalue weighted by Gasteiger charge is 2.37. The number of cyclic esters (lactones) is 1. The molecule has 0 amide bonds. The van der Waals surface area contributed by atoms with Gasteiger partial charge in [0, 0.05) is 5.56 Å². The molecule has 0 aromatic heterocycles. The second kappa shape index (κ2) is 2.74. The molecule has 74 valence electrons. The third-order valence-electron chi connectivity index (χ3n) is 2.44. The second-order valence-corrected chi connectivity index (χ2v) is 3.81. The molecule has 0 atom stereocenters. The maximum Gasteiger partial charge on any atom is 0.339 e. The molecule has 3 heteroatoms. The fraction of sp³-hybridized carbons (Fsp3) is 0.364. The van der Waals surface area contributed by atoms with Gasteiger partial charge in [-0.3, -0.25) is 0 Å². The van der Waals surface area contributed by atoms with Crippen molar-refractivity contribution in [3.05, 3.63) is 29.3 Å². The predicted molar refractivity (Wildman–Crippen MR) is 51.4 cm³/mol. The maximum atomic E-state index is 11.5. The predicted octanol–water partition coefficient (Wildman–Crippen LogP) is 2.10. The summed E-state index contributed by atoms with van der Waals surface area (Å²) in [6.45, 7) is 3.76. The van der Waals surface area contributed by atoms with E-state index in [1.165, 1.54) is 0 Å². The van der Waals surface area contributed by atoms with Gasteiger partial charge in [0.15, 0.2) is 0 Å². The number of esters is 1.